The maximum Gasteiger partial charge on any atom is 0.315 e. The Balaban J connectivity index is 1.29. The van der Waals surface area contributed by atoms with Crippen molar-refractivity contribution in [1.82, 2.24) is 26.2 Å². The van der Waals surface area contributed by atoms with Crippen LogP contribution in [0.5, 0.6) is 0 Å². The number of hydrogen-bond acceptors (Lipinski definition) is 5. The normalized spacial score (nSPS) is 24.6. The highest BCUT2D eigenvalue weighted by atomic mass is 16.2. The monoisotopic (exact) mass is 689 g/mol. The molecule has 4 aliphatic rings. The summed E-state index contributed by atoms with van der Waals surface area (Å²) in [5.74, 6) is -1.82. The molecule has 0 radical (unpaired) electrons. The highest BCUT2D eigenvalue weighted by molar-refractivity contribution is 6.38. The molecule has 5 amide bonds. The van der Waals surface area contributed by atoms with Crippen molar-refractivity contribution >= 4 is 29.5 Å². The summed E-state index contributed by atoms with van der Waals surface area (Å²) in [5.41, 5.74) is 0.167. The number of rotatable bonds is 15. The van der Waals surface area contributed by atoms with Gasteiger partial charge in [-0.15, -0.1) is 6.58 Å². The predicted octanol–water partition coefficient (Wildman–Crippen LogP) is 5.07. The quantitative estimate of drug-likeness (QED) is 0.151. The average Bonchev–Trinajstić information content (AvgIpc) is 3.93. The van der Waals surface area contributed by atoms with Gasteiger partial charge in [-0.05, 0) is 72.7 Å². The SMILES string of the molecule is C=CCNC(=O)C(=O)C(CC1CC1)NC(=O)[C@@H]1C2C(CN1C(=O)[C@@H](NC(=O)NC1(CCCc3ccccc3)CCCCC1)C(C)(C)C)C2(C)C. The van der Waals surface area contributed by atoms with Crippen molar-refractivity contribution in [2.75, 3.05) is 13.1 Å². The summed E-state index contributed by atoms with van der Waals surface area (Å²) in [6, 6.07) is 7.40. The van der Waals surface area contributed by atoms with E-state index in [1.165, 1.54) is 11.6 Å². The Morgan fingerprint density at radius 2 is 1.68 bits per heavy atom. The summed E-state index contributed by atoms with van der Waals surface area (Å²) in [5, 5.41) is 11.8. The third kappa shape index (κ3) is 8.78. The molecule has 5 rings (SSSR count). The van der Waals surface area contributed by atoms with E-state index in [1.54, 1.807) is 4.90 Å². The van der Waals surface area contributed by atoms with Crippen LogP contribution in [0.4, 0.5) is 4.79 Å². The van der Waals surface area contributed by atoms with Crippen LogP contribution in [0.1, 0.15) is 104 Å². The third-order valence-electron chi connectivity index (χ3n) is 11.8. The number of fused-ring (bicyclic) bond motifs is 1. The van der Waals surface area contributed by atoms with Crippen LogP contribution in [-0.2, 0) is 25.6 Å². The zero-order valence-electron chi connectivity index (χ0n) is 30.8. The lowest BCUT2D eigenvalue weighted by Crippen LogP contribution is -2.63. The Morgan fingerprint density at radius 1 is 1.00 bits per heavy atom. The van der Waals surface area contributed by atoms with Crippen LogP contribution in [0.15, 0.2) is 43.0 Å². The van der Waals surface area contributed by atoms with Gasteiger partial charge in [-0.25, -0.2) is 4.79 Å². The fourth-order valence-electron chi connectivity index (χ4n) is 8.56. The first kappa shape index (κ1) is 37.6. The Bertz CT molecular complexity index is 1420. The minimum atomic E-state index is -0.964. The molecule has 3 saturated carbocycles. The van der Waals surface area contributed by atoms with Crippen LogP contribution in [0.25, 0.3) is 0 Å². The molecule has 1 heterocycles. The van der Waals surface area contributed by atoms with Crippen LogP contribution in [0.3, 0.4) is 0 Å². The van der Waals surface area contributed by atoms with E-state index in [4.69, 9.17) is 0 Å². The van der Waals surface area contributed by atoms with Gasteiger partial charge in [-0.2, -0.15) is 0 Å². The fraction of sp³-hybridized carbons (Fsp3) is 0.675. The lowest BCUT2D eigenvalue weighted by Gasteiger charge is -2.41. The summed E-state index contributed by atoms with van der Waals surface area (Å²) < 4.78 is 0. The van der Waals surface area contributed by atoms with Crippen LogP contribution >= 0.6 is 0 Å². The maximum atomic E-state index is 14.5. The van der Waals surface area contributed by atoms with Gasteiger partial charge in [0.05, 0.1) is 6.04 Å². The second-order valence-electron chi connectivity index (χ2n) is 17.1. The third-order valence-corrected chi connectivity index (χ3v) is 11.8. The van der Waals surface area contributed by atoms with Crippen molar-refractivity contribution in [3.05, 3.63) is 48.6 Å². The molecule has 50 heavy (non-hydrogen) atoms. The molecular formula is C40H59N5O5. The summed E-state index contributed by atoms with van der Waals surface area (Å²) in [7, 11) is 0. The maximum absolute atomic E-state index is 14.5. The molecule has 0 spiro atoms. The molecule has 0 bridgehead atoms. The van der Waals surface area contributed by atoms with Crippen molar-refractivity contribution in [2.45, 2.75) is 129 Å². The second kappa shape index (κ2) is 15.3. The molecule has 10 nitrogen and oxygen atoms in total. The number of hydrogen-bond donors (Lipinski definition) is 4. The number of Topliss-reactive ketones (excluding diaryl/α,β-unsaturated/α-hetero) is 1. The number of urea groups is 1. The molecule has 10 heteroatoms. The highest BCUT2D eigenvalue weighted by Gasteiger charge is 2.70. The fourth-order valence-corrected chi connectivity index (χ4v) is 8.56. The van der Waals surface area contributed by atoms with Crippen molar-refractivity contribution < 1.29 is 24.0 Å². The molecule has 3 aliphatic carbocycles. The van der Waals surface area contributed by atoms with Gasteiger partial charge < -0.3 is 26.2 Å². The molecule has 1 aromatic carbocycles. The first-order valence-corrected chi connectivity index (χ1v) is 18.8. The van der Waals surface area contributed by atoms with Gasteiger partial charge >= 0.3 is 6.03 Å². The first-order valence-electron chi connectivity index (χ1n) is 18.8. The van der Waals surface area contributed by atoms with Crippen molar-refractivity contribution in [3.63, 3.8) is 0 Å². The van der Waals surface area contributed by atoms with E-state index in [9.17, 15) is 24.0 Å². The molecule has 4 fully saturated rings. The van der Waals surface area contributed by atoms with Crippen molar-refractivity contribution in [3.8, 4) is 0 Å². The van der Waals surface area contributed by atoms with E-state index in [0.29, 0.717) is 13.0 Å². The van der Waals surface area contributed by atoms with Crippen LogP contribution in [0.2, 0.25) is 0 Å². The second-order valence-corrected chi connectivity index (χ2v) is 17.1. The number of carbonyl (C=O) groups is 5. The van der Waals surface area contributed by atoms with Gasteiger partial charge in [0, 0.05) is 18.6 Å². The van der Waals surface area contributed by atoms with Crippen LogP contribution in [0, 0.1) is 28.6 Å². The molecule has 5 atom stereocenters. The van der Waals surface area contributed by atoms with Gasteiger partial charge in [-0.3, -0.25) is 19.2 Å². The first-order chi connectivity index (χ1) is 23.7. The average molecular weight is 690 g/mol. The molecule has 1 saturated heterocycles. The van der Waals surface area contributed by atoms with E-state index >= 15 is 0 Å². The lowest BCUT2D eigenvalue weighted by molar-refractivity contribution is -0.145. The minimum Gasteiger partial charge on any atom is -0.346 e. The van der Waals surface area contributed by atoms with Gasteiger partial charge in [0.25, 0.3) is 5.91 Å². The summed E-state index contributed by atoms with van der Waals surface area (Å²) in [6.07, 6.45) is 11.6. The zero-order chi connectivity index (χ0) is 36.3. The van der Waals surface area contributed by atoms with Crippen molar-refractivity contribution in [1.29, 1.82) is 0 Å². The van der Waals surface area contributed by atoms with Gasteiger partial charge in [0.1, 0.15) is 12.1 Å². The number of nitrogens with one attached hydrogen (secondary N) is 4. The molecule has 1 aliphatic heterocycles. The standard InChI is InChI=1S/C40H59N5O5/c1-7-23-41-35(48)32(46)29(24-27-18-19-27)42-34(47)31-30-28(39(30,5)6)25-45(31)36(49)33(38(2,3)4)43-37(50)44-40(20-12-9-13-21-40)22-14-17-26-15-10-8-11-16-26/h7-8,10-11,15-16,27-31,33H,1,9,12-14,17-25H2,2-6H3,(H,41,48)(H,42,47)(H2,43,44,50)/t28?,29?,30?,31-,33+/m0/s1. The Morgan fingerprint density at radius 3 is 2.30 bits per heavy atom. The van der Waals surface area contributed by atoms with E-state index in [0.717, 1.165) is 64.2 Å². The predicted molar refractivity (Wildman–Crippen MR) is 194 cm³/mol. The number of piperidine rings is 1. The molecule has 1 aromatic rings. The number of nitrogens with zero attached hydrogens (tertiary/aromatic N) is 1. The number of ketones is 1. The highest BCUT2D eigenvalue weighted by Crippen LogP contribution is 2.65. The number of likely N-dealkylation sites (tertiary alicyclic amines) is 1. The van der Waals surface area contributed by atoms with E-state index in [1.807, 2.05) is 26.8 Å². The summed E-state index contributed by atoms with van der Waals surface area (Å²) in [6.45, 7) is 14.1. The topological polar surface area (TPSA) is 137 Å². The van der Waals surface area contributed by atoms with Gasteiger partial charge in [0.2, 0.25) is 17.6 Å². The molecular weight excluding hydrogens is 630 g/mol. The molecule has 0 aromatic heterocycles. The van der Waals surface area contributed by atoms with Crippen LogP contribution in [-0.4, -0.2) is 71.2 Å². The Labute approximate surface area is 298 Å². The van der Waals surface area contributed by atoms with Crippen molar-refractivity contribution in [2.24, 2.45) is 28.6 Å². The van der Waals surface area contributed by atoms with E-state index in [2.05, 4.69) is 66.0 Å². The zero-order valence-corrected chi connectivity index (χ0v) is 30.8. The summed E-state index contributed by atoms with van der Waals surface area (Å²) >= 11 is 0. The summed E-state index contributed by atoms with van der Waals surface area (Å²) in [4.78, 5) is 69.9. The number of benzene rings is 1. The Hall–Kier alpha value is -3.69. The molecule has 4 N–H and O–H groups in total. The molecule has 274 valence electrons. The Kier molecular flexibility index (Phi) is 11.5. The lowest BCUT2D eigenvalue weighted by atomic mass is 9.78. The van der Waals surface area contributed by atoms with E-state index in [-0.39, 0.29) is 47.2 Å². The largest absolute Gasteiger partial charge is 0.346 e. The van der Waals surface area contributed by atoms with Gasteiger partial charge in [-0.1, -0.05) is 103 Å². The molecule has 3 unspecified atom stereocenters. The van der Waals surface area contributed by atoms with Gasteiger partial charge in [0.15, 0.2) is 0 Å². The smallest absolute Gasteiger partial charge is 0.315 e. The number of aryl methyl sites for hydroxylation is 1. The number of amides is 5. The van der Waals surface area contributed by atoms with Crippen LogP contribution < -0.4 is 21.3 Å². The number of carbonyl (C=O) groups excluding carboxylic acids is 5. The van der Waals surface area contributed by atoms with E-state index < -0.39 is 41.1 Å². The minimum absolute atomic E-state index is 0.0812.